The van der Waals surface area contributed by atoms with Crippen LogP contribution in [0.4, 0.5) is 13.2 Å². The lowest BCUT2D eigenvalue weighted by Gasteiger charge is -2.15. The van der Waals surface area contributed by atoms with Gasteiger partial charge in [-0.2, -0.15) is 13.2 Å². The predicted octanol–water partition coefficient (Wildman–Crippen LogP) is 0.256. The number of fused-ring (bicyclic) bond motifs is 1. The molecule has 1 aliphatic heterocycles. The van der Waals surface area contributed by atoms with Crippen LogP contribution in [0.1, 0.15) is 33.0 Å². The maximum absolute atomic E-state index is 12.8. The van der Waals surface area contributed by atoms with E-state index in [0.717, 1.165) is 17.0 Å². The Bertz CT molecular complexity index is 1030. The number of aliphatic carboxylic acids is 1. The van der Waals surface area contributed by atoms with Crippen molar-refractivity contribution in [3.63, 3.8) is 0 Å². The lowest BCUT2D eigenvalue weighted by Crippen LogP contribution is -2.37. The molecule has 0 radical (unpaired) electrons. The van der Waals surface area contributed by atoms with E-state index in [1.54, 1.807) is 0 Å². The van der Waals surface area contributed by atoms with Gasteiger partial charge in [-0.1, -0.05) is 0 Å². The van der Waals surface area contributed by atoms with Crippen LogP contribution >= 0.6 is 0 Å². The molecule has 0 aliphatic carbocycles. The Balaban J connectivity index is 2.02. The highest BCUT2D eigenvalue weighted by Gasteiger charge is 2.34. The van der Waals surface area contributed by atoms with Crippen molar-refractivity contribution in [2.75, 3.05) is 6.54 Å². The number of ether oxygens (including phenoxy) is 1. The molecular formula is C16H13F3N4O6. The van der Waals surface area contributed by atoms with Gasteiger partial charge in [0.25, 0.3) is 11.5 Å². The lowest BCUT2D eigenvalue weighted by molar-refractivity contribution is -0.145. The molecule has 13 heteroatoms. The standard InChI is InChI=1S/C16H13F3N4O6/c17-16(18,19)15-21-1-7(2-22-15)4-23-9-6-29-5-8(9)12(26)11(14(23)28)13(27)20-3-10(24)25/h1-2,26H,3-6H2,(H,20,27)(H,24,25). The molecule has 10 nitrogen and oxygen atoms in total. The number of hydrogen-bond acceptors (Lipinski definition) is 7. The average molecular weight is 414 g/mol. The van der Waals surface area contributed by atoms with E-state index in [-0.39, 0.29) is 36.6 Å². The largest absolute Gasteiger partial charge is 0.506 e. The number of carbonyl (C=O) groups excluding carboxylic acids is 1. The molecule has 3 heterocycles. The molecule has 1 amide bonds. The smallest absolute Gasteiger partial charge is 0.451 e. The molecule has 1 aliphatic rings. The van der Waals surface area contributed by atoms with Crippen molar-refractivity contribution in [2.45, 2.75) is 25.9 Å². The predicted molar refractivity (Wildman–Crippen MR) is 87.0 cm³/mol. The summed E-state index contributed by atoms with van der Waals surface area (Å²) in [6, 6.07) is 0. The van der Waals surface area contributed by atoms with E-state index >= 15 is 0 Å². The molecule has 3 rings (SSSR count). The summed E-state index contributed by atoms with van der Waals surface area (Å²) in [5.74, 6) is -4.45. The Kier molecular flexibility index (Phi) is 5.24. The first-order valence-electron chi connectivity index (χ1n) is 8.03. The number of rotatable bonds is 5. The summed E-state index contributed by atoms with van der Waals surface area (Å²) in [5, 5.41) is 20.9. The first kappa shape index (κ1) is 20.3. The zero-order valence-corrected chi connectivity index (χ0v) is 14.5. The van der Waals surface area contributed by atoms with Gasteiger partial charge in [-0.05, 0) is 0 Å². The van der Waals surface area contributed by atoms with E-state index in [2.05, 4.69) is 9.97 Å². The van der Waals surface area contributed by atoms with Crippen LogP contribution in [0.5, 0.6) is 5.75 Å². The number of carboxylic acid groups (broad SMARTS) is 1. The topological polar surface area (TPSA) is 144 Å². The zero-order chi connectivity index (χ0) is 21.3. The summed E-state index contributed by atoms with van der Waals surface area (Å²) in [5.41, 5.74) is -1.13. The molecule has 0 saturated carbocycles. The number of nitrogens with zero attached hydrogens (tertiary/aromatic N) is 3. The minimum Gasteiger partial charge on any atom is -0.506 e. The maximum Gasteiger partial charge on any atom is 0.451 e. The monoisotopic (exact) mass is 414 g/mol. The van der Waals surface area contributed by atoms with Crippen LogP contribution in [0.2, 0.25) is 0 Å². The van der Waals surface area contributed by atoms with Gasteiger partial charge in [-0.25, -0.2) is 9.97 Å². The van der Waals surface area contributed by atoms with Crippen molar-refractivity contribution < 1.29 is 37.7 Å². The number of aromatic nitrogens is 3. The molecule has 0 unspecified atom stereocenters. The lowest BCUT2D eigenvalue weighted by atomic mass is 10.1. The molecule has 0 bridgehead atoms. The number of halogens is 3. The molecule has 0 atom stereocenters. The maximum atomic E-state index is 12.8. The highest BCUT2D eigenvalue weighted by molar-refractivity contribution is 5.98. The van der Waals surface area contributed by atoms with Crippen molar-refractivity contribution in [1.29, 1.82) is 0 Å². The summed E-state index contributed by atoms with van der Waals surface area (Å²) in [6.45, 7) is -1.25. The third-order valence-corrected chi connectivity index (χ3v) is 4.07. The Morgan fingerprint density at radius 2 is 1.90 bits per heavy atom. The minimum atomic E-state index is -4.72. The third kappa shape index (κ3) is 4.03. The summed E-state index contributed by atoms with van der Waals surface area (Å²) in [7, 11) is 0. The van der Waals surface area contributed by atoms with Crippen LogP contribution in [-0.4, -0.2) is 43.2 Å². The van der Waals surface area contributed by atoms with Gasteiger partial charge in [0.1, 0.15) is 17.9 Å². The second-order valence-corrected chi connectivity index (χ2v) is 6.02. The average Bonchev–Trinajstić information content (AvgIpc) is 3.13. The van der Waals surface area contributed by atoms with Crippen LogP contribution in [0.15, 0.2) is 17.2 Å². The van der Waals surface area contributed by atoms with E-state index < -0.39 is 47.3 Å². The Morgan fingerprint density at radius 3 is 2.48 bits per heavy atom. The Labute approximate surface area is 159 Å². The zero-order valence-electron chi connectivity index (χ0n) is 14.5. The van der Waals surface area contributed by atoms with Crippen molar-refractivity contribution in [3.8, 4) is 5.75 Å². The Morgan fingerprint density at radius 1 is 1.24 bits per heavy atom. The second kappa shape index (κ2) is 7.50. The fourth-order valence-corrected chi connectivity index (χ4v) is 2.76. The number of alkyl halides is 3. The summed E-state index contributed by atoms with van der Waals surface area (Å²) in [6.07, 6.45) is -2.94. The van der Waals surface area contributed by atoms with Crippen molar-refractivity contribution >= 4 is 11.9 Å². The third-order valence-electron chi connectivity index (χ3n) is 4.07. The first-order chi connectivity index (χ1) is 13.6. The van der Waals surface area contributed by atoms with Gasteiger partial charge in [-0.15, -0.1) is 0 Å². The van der Waals surface area contributed by atoms with Gasteiger partial charge < -0.3 is 24.8 Å². The molecule has 2 aromatic rings. The normalized spacial score (nSPS) is 13.2. The molecule has 0 fully saturated rings. The van der Waals surface area contributed by atoms with E-state index in [1.807, 2.05) is 5.32 Å². The molecule has 2 aromatic heterocycles. The van der Waals surface area contributed by atoms with Gasteiger partial charge in [0.15, 0.2) is 0 Å². The number of carbonyl (C=O) groups is 2. The first-order valence-corrected chi connectivity index (χ1v) is 8.03. The molecule has 29 heavy (non-hydrogen) atoms. The van der Waals surface area contributed by atoms with Crippen LogP contribution in [0, 0.1) is 0 Å². The van der Waals surface area contributed by atoms with Gasteiger partial charge in [-0.3, -0.25) is 14.4 Å². The molecule has 154 valence electrons. The van der Waals surface area contributed by atoms with Gasteiger partial charge in [0.05, 0.1) is 25.5 Å². The summed E-state index contributed by atoms with van der Waals surface area (Å²) < 4.78 is 44.0. The van der Waals surface area contributed by atoms with E-state index in [1.165, 1.54) is 0 Å². The van der Waals surface area contributed by atoms with Crippen molar-refractivity contribution in [3.05, 3.63) is 51.0 Å². The fourth-order valence-electron chi connectivity index (χ4n) is 2.76. The molecule has 0 spiro atoms. The van der Waals surface area contributed by atoms with Gasteiger partial charge in [0.2, 0.25) is 5.82 Å². The van der Waals surface area contributed by atoms with Crippen LogP contribution in [0.25, 0.3) is 0 Å². The van der Waals surface area contributed by atoms with Gasteiger partial charge in [0, 0.05) is 23.5 Å². The second-order valence-electron chi connectivity index (χ2n) is 6.02. The SMILES string of the molecule is O=C(O)CNC(=O)c1c(O)c2c(n(Cc3cnc(C(F)(F)F)nc3)c1=O)COC2. The van der Waals surface area contributed by atoms with E-state index in [9.17, 15) is 32.7 Å². The molecular weight excluding hydrogens is 401 g/mol. The number of hydrogen-bond donors (Lipinski definition) is 3. The Hall–Kier alpha value is -3.48. The quantitative estimate of drug-likeness (QED) is 0.632. The molecule has 0 saturated heterocycles. The highest BCUT2D eigenvalue weighted by Crippen LogP contribution is 2.30. The number of carboxylic acids is 1. The van der Waals surface area contributed by atoms with Crippen LogP contribution < -0.4 is 10.9 Å². The number of nitrogens with one attached hydrogen (secondary N) is 1. The molecule has 3 N–H and O–H groups in total. The number of aromatic hydroxyl groups is 1. The van der Waals surface area contributed by atoms with Crippen LogP contribution in [0.3, 0.4) is 0 Å². The minimum absolute atomic E-state index is 0.0728. The van der Waals surface area contributed by atoms with E-state index in [0.29, 0.717) is 0 Å². The molecule has 0 aromatic carbocycles. The summed E-state index contributed by atoms with van der Waals surface area (Å²) in [4.78, 5) is 42.1. The van der Waals surface area contributed by atoms with Crippen LogP contribution in [-0.2, 0) is 35.5 Å². The van der Waals surface area contributed by atoms with Gasteiger partial charge >= 0.3 is 12.1 Å². The fraction of sp³-hybridized carbons (Fsp3) is 0.312. The number of pyridine rings is 1. The van der Waals surface area contributed by atoms with E-state index in [4.69, 9.17) is 9.84 Å². The highest BCUT2D eigenvalue weighted by atomic mass is 19.4. The van der Waals surface area contributed by atoms with Crippen molar-refractivity contribution in [2.24, 2.45) is 0 Å². The summed E-state index contributed by atoms with van der Waals surface area (Å²) >= 11 is 0. The van der Waals surface area contributed by atoms with Crippen molar-refractivity contribution in [1.82, 2.24) is 19.9 Å². The number of amides is 1.